The van der Waals surface area contributed by atoms with Gasteiger partial charge in [0.25, 0.3) is 23.6 Å². The van der Waals surface area contributed by atoms with Gasteiger partial charge in [-0.25, -0.2) is 34.8 Å². The lowest BCUT2D eigenvalue weighted by molar-refractivity contribution is -0.205. The highest BCUT2D eigenvalue weighted by Gasteiger charge is 2.36. The van der Waals surface area contributed by atoms with Crippen molar-refractivity contribution < 1.29 is 111 Å². The first-order valence-electron chi connectivity index (χ1n) is 40.7. The van der Waals surface area contributed by atoms with Crippen LogP contribution >= 0.6 is 69.6 Å². The molecule has 4 N–H and O–H groups in total. The Bertz CT molecular complexity index is 4830. The molecule has 3 unspecified atom stereocenters. The van der Waals surface area contributed by atoms with Gasteiger partial charge in [-0.05, 0) is 163 Å². The number of imide groups is 2. The molecule has 6 aromatic carbocycles. The summed E-state index contributed by atoms with van der Waals surface area (Å²) >= 11 is 38.3. The van der Waals surface area contributed by atoms with Gasteiger partial charge in [0, 0.05) is 152 Å². The van der Waals surface area contributed by atoms with Crippen LogP contribution in [-0.4, -0.2) is 281 Å². The average molecular weight is 1930 g/mol. The highest BCUT2D eigenvalue weighted by atomic mass is 35.5. The Morgan fingerprint density at radius 2 is 0.643 bits per heavy atom. The molecule has 6 amide bonds. The van der Waals surface area contributed by atoms with Crippen molar-refractivity contribution in [2.45, 2.75) is 97.0 Å². The van der Waals surface area contributed by atoms with Crippen molar-refractivity contribution in [3.05, 3.63) is 189 Å². The molecule has 32 nitrogen and oxygen atoms in total. The summed E-state index contributed by atoms with van der Waals surface area (Å²) in [6.45, 7) is 7.17. The normalized spacial score (nSPS) is 16.8. The molecule has 0 aliphatic carbocycles. The smallest absolute Gasteiger partial charge is 0.358 e. The number of rotatable bonds is 45. The van der Waals surface area contributed by atoms with Gasteiger partial charge in [-0.1, -0.05) is 106 Å². The number of hydrogen-bond donors (Lipinski definition) is 3. The number of fused-ring (bicyclic) bond motifs is 3. The van der Waals surface area contributed by atoms with Crippen LogP contribution < -0.4 is 16.4 Å². The summed E-state index contributed by atoms with van der Waals surface area (Å²) in [5.41, 5.74) is 14.7. The number of benzene rings is 6. The molecule has 688 valence electrons. The van der Waals surface area contributed by atoms with Gasteiger partial charge in [0.15, 0.2) is 29.5 Å². The molecular formula is C85H104Cl6N8O24S3. The van der Waals surface area contributed by atoms with Crippen molar-refractivity contribution in [1.29, 1.82) is 0 Å². The number of halogens is 6. The van der Waals surface area contributed by atoms with E-state index in [-0.39, 0.29) is 150 Å². The summed E-state index contributed by atoms with van der Waals surface area (Å²) in [5.74, 6) is -5.48. The minimum Gasteiger partial charge on any atom is -0.379 e. The second-order valence-corrected chi connectivity index (χ2v) is 38.9. The molecule has 3 atom stereocenters. The summed E-state index contributed by atoms with van der Waals surface area (Å²) in [4.78, 5) is 108. The third-order valence-corrected chi connectivity index (χ3v) is 27.4. The maximum atomic E-state index is 13.0. The number of hydrogen-bond acceptors (Lipinski definition) is 28. The Hall–Kier alpha value is -7.41. The molecule has 0 aromatic heterocycles. The molecule has 5 aliphatic heterocycles. The predicted octanol–water partition coefficient (Wildman–Crippen LogP) is 8.74. The number of nitrogens with one attached hydrogen (secondary N) is 2. The number of hydroxylamine groups is 4. The Morgan fingerprint density at radius 1 is 0.373 bits per heavy atom. The monoisotopic (exact) mass is 1930 g/mol. The standard InChI is InChI=1S/C50H62Cl4N4O11S2.C23H30Cl2N2O4S.C12H12N2O9/c1-57-29-43(41-25-37(51)27-47(53)45(41)31-57)35-5-9-39(10-6-35)70(61,62)23-3-15-65-19-21-67-17-13-55-49(59)33-69-34-50(60)56-14-18-68-22-20-66-16-4-24-71(63,64)40-11-7-36(8-12-40)44-30-58(2)32-46-42(44)26-38(52)28-48(46)54;1-27-15-21(20-13-18(24)14-23(25)22(20)16-27)17-3-5-19(6-4-17)32(28,29)12-2-8-30-10-11-31-9-7-26;15-7-1-2-8(16)13(7)22-11(19)5-21-6-12(20)23-14-9(17)3-4-10(14)18/h5-12,25-28,43-44H,3-4,13-24,29-34H2,1-2H3,(H,55,59)(H,56,60);3-6,13-14,21H,2,7-12,15-16,26H2,1H3;1-6H2. The number of likely N-dealkylation sites (N-methyl/N-ethyl adjacent to an activating group) is 3. The number of carbonyl (C=O) groups is 8. The van der Waals surface area contributed by atoms with E-state index in [4.69, 9.17) is 108 Å². The Kier molecular flexibility index (Phi) is 41.2. The molecule has 0 bridgehead atoms. The number of ether oxygens (including phenoxy) is 8. The highest BCUT2D eigenvalue weighted by molar-refractivity contribution is 7.92. The van der Waals surface area contributed by atoms with E-state index < -0.39 is 90.1 Å². The maximum Gasteiger partial charge on any atom is 0.358 e. The molecular weight excluding hydrogens is 1830 g/mol. The third kappa shape index (κ3) is 31.7. The van der Waals surface area contributed by atoms with Gasteiger partial charge in [0.05, 0.1) is 91.4 Å². The van der Waals surface area contributed by atoms with Crippen LogP contribution in [0.25, 0.3) is 0 Å². The van der Waals surface area contributed by atoms with Crippen LogP contribution in [0.4, 0.5) is 0 Å². The first-order chi connectivity index (χ1) is 60.2. The van der Waals surface area contributed by atoms with Gasteiger partial charge in [0.2, 0.25) is 11.8 Å². The van der Waals surface area contributed by atoms with Crippen molar-refractivity contribution in [3.63, 3.8) is 0 Å². The molecule has 5 aliphatic rings. The van der Waals surface area contributed by atoms with E-state index in [0.717, 1.165) is 89.3 Å². The zero-order valence-electron chi connectivity index (χ0n) is 70.0. The molecule has 0 spiro atoms. The van der Waals surface area contributed by atoms with Crippen LogP contribution in [0.15, 0.2) is 124 Å². The van der Waals surface area contributed by atoms with Gasteiger partial charge in [-0.2, -0.15) is 0 Å². The highest BCUT2D eigenvalue weighted by Crippen LogP contribution is 2.42. The van der Waals surface area contributed by atoms with Crippen molar-refractivity contribution in [1.82, 2.24) is 35.5 Å². The summed E-state index contributed by atoms with van der Waals surface area (Å²) in [6, 6.07) is 32.3. The fourth-order valence-corrected chi connectivity index (χ4v) is 19.8. The Morgan fingerprint density at radius 3 is 0.929 bits per heavy atom. The van der Waals surface area contributed by atoms with Gasteiger partial charge < -0.3 is 78.6 Å². The minimum absolute atomic E-state index is 0.0142. The summed E-state index contributed by atoms with van der Waals surface area (Å²) in [5, 5.41) is 9.63. The molecule has 2 fully saturated rings. The zero-order valence-corrected chi connectivity index (χ0v) is 77.0. The average Bonchev–Trinajstić information content (AvgIpc) is 0.956. The summed E-state index contributed by atoms with van der Waals surface area (Å²) < 4.78 is 120. The lowest BCUT2D eigenvalue weighted by Gasteiger charge is -2.33. The molecule has 0 saturated carbocycles. The number of sulfone groups is 3. The van der Waals surface area contributed by atoms with E-state index in [9.17, 15) is 63.6 Å². The van der Waals surface area contributed by atoms with Crippen molar-refractivity contribution in [3.8, 4) is 0 Å². The van der Waals surface area contributed by atoms with E-state index in [1.54, 1.807) is 54.6 Å². The molecule has 5 heterocycles. The lowest BCUT2D eigenvalue weighted by Crippen LogP contribution is -2.35. The molecule has 126 heavy (non-hydrogen) atoms. The fraction of sp³-hybridized carbons (Fsp3) is 0.482. The third-order valence-electron chi connectivity index (χ3n) is 20.3. The van der Waals surface area contributed by atoms with Crippen LogP contribution in [0.1, 0.15) is 113 Å². The minimum atomic E-state index is -3.51. The Labute approximate surface area is 763 Å². The predicted molar refractivity (Wildman–Crippen MR) is 469 cm³/mol. The first-order valence-corrected chi connectivity index (χ1v) is 47.9. The quantitative estimate of drug-likeness (QED) is 0.0237. The van der Waals surface area contributed by atoms with E-state index in [0.29, 0.717) is 97.4 Å². The fourth-order valence-electron chi connectivity index (χ4n) is 14.2. The van der Waals surface area contributed by atoms with E-state index in [1.807, 2.05) is 75.7 Å². The molecule has 0 radical (unpaired) electrons. The molecule has 2 saturated heterocycles. The number of carbonyl (C=O) groups excluding carboxylic acids is 8. The first kappa shape index (κ1) is 102. The van der Waals surface area contributed by atoms with Crippen LogP contribution in [0.2, 0.25) is 30.1 Å². The van der Waals surface area contributed by atoms with Crippen molar-refractivity contribution in [2.24, 2.45) is 5.73 Å². The topological polar surface area (TPSA) is 398 Å². The molecule has 41 heteroatoms. The Balaban J connectivity index is 0.000000265. The maximum absolute atomic E-state index is 13.0. The van der Waals surface area contributed by atoms with Gasteiger partial charge in [-0.15, -0.1) is 10.1 Å². The van der Waals surface area contributed by atoms with Crippen LogP contribution in [0.5, 0.6) is 0 Å². The summed E-state index contributed by atoms with van der Waals surface area (Å²) in [7, 11) is -4.29. The number of nitrogens with zero attached hydrogens (tertiary/aromatic N) is 5. The van der Waals surface area contributed by atoms with Crippen LogP contribution in [0, 0.1) is 0 Å². The van der Waals surface area contributed by atoms with Crippen molar-refractivity contribution in [2.75, 3.05) is 183 Å². The van der Waals surface area contributed by atoms with Gasteiger partial charge in [-0.3, -0.25) is 28.8 Å². The van der Waals surface area contributed by atoms with Gasteiger partial charge >= 0.3 is 11.9 Å². The largest absolute Gasteiger partial charge is 0.379 e. The molecule has 6 aromatic rings. The lowest BCUT2D eigenvalue weighted by atomic mass is 9.85. The number of amides is 6. The van der Waals surface area contributed by atoms with E-state index in [1.165, 1.54) is 0 Å². The van der Waals surface area contributed by atoms with E-state index >= 15 is 0 Å². The molecule has 11 rings (SSSR count). The van der Waals surface area contributed by atoms with Crippen LogP contribution in [-0.2, 0) is 135 Å². The van der Waals surface area contributed by atoms with Gasteiger partial charge in [0.1, 0.15) is 26.4 Å². The second-order valence-electron chi connectivity index (χ2n) is 30.1. The van der Waals surface area contributed by atoms with E-state index in [2.05, 4.69) is 39.7 Å². The number of nitrogens with two attached hydrogens (primary N) is 1. The summed E-state index contributed by atoms with van der Waals surface area (Å²) in [6.07, 6.45) is 0.894. The second kappa shape index (κ2) is 50.7. The zero-order chi connectivity index (χ0) is 91.1. The van der Waals surface area contributed by atoms with Crippen molar-refractivity contribution >= 4 is 146 Å². The van der Waals surface area contributed by atoms with Crippen LogP contribution in [0.3, 0.4) is 0 Å². The SMILES string of the molecule is CN1Cc2c(Cl)cc(Cl)cc2C(c2ccc(S(=O)(=O)CCCOCCOCCN)cc2)C1.CN1Cc2c(Cl)cc(Cl)cc2C(c2ccc(S(=O)(=O)CCCOCCOCCNC(=O)COCC(=O)NCCOCCOCCCS(=O)(=O)c3ccc(C4CN(C)Cc5c(Cl)cc(Cl)cc54)cc3)cc2)C1.O=C(COCC(=O)ON1C(=O)CCC1=O)ON1C(=O)CCC1=O.